The summed E-state index contributed by atoms with van der Waals surface area (Å²) in [5.74, 6) is 0.446. The Morgan fingerprint density at radius 1 is 1.71 bits per heavy atom. The lowest BCUT2D eigenvalue weighted by Gasteiger charge is -2.11. The summed E-state index contributed by atoms with van der Waals surface area (Å²) in [5, 5.41) is 3.83. The van der Waals surface area contributed by atoms with E-state index in [-0.39, 0.29) is 0 Å². The van der Waals surface area contributed by atoms with Crippen molar-refractivity contribution in [3.05, 3.63) is 12.2 Å². The van der Waals surface area contributed by atoms with Crippen molar-refractivity contribution in [3.63, 3.8) is 0 Å². The molecular formula is C10H16N2O2. The Bertz CT molecular complexity index is 236. The molecule has 0 radical (unpaired) electrons. The zero-order valence-corrected chi connectivity index (χ0v) is 8.40. The van der Waals surface area contributed by atoms with E-state index in [0.29, 0.717) is 12.5 Å². The molecule has 0 heterocycles. The third-order valence-corrected chi connectivity index (χ3v) is 2.03. The van der Waals surface area contributed by atoms with E-state index in [4.69, 9.17) is 0 Å². The van der Waals surface area contributed by atoms with Gasteiger partial charge in [0.2, 0.25) is 0 Å². The largest absolute Gasteiger partial charge is 0.449 e. The zero-order chi connectivity index (χ0) is 10.2. The first-order chi connectivity index (χ1) is 6.83. The van der Waals surface area contributed by atoms with Crippen LogP contribution in [0.2, 0.25) is 0 Å². The summed E-state index contributed by atoms with van der Waals surface area (Å²) in [6.07, 6.45) is 8.80. The van der Waals surface area contributed by atoms with Crippen molar-refractivity contribution in [2.45, 2.75) is 26.2 Å². The average molecular weight is 196 g/mol. The van der Waals surface area contributed by atoms with Crippen molar-refractivity contribution >= 4 is 12.3 Å². The Kier molecular flexibility index (Phi) is 4.75. The highest BCUT2D eigenvalue weighted by Crippen LogP contribution is 2.15. The number of carbonyl (C=O) groups excluding carboxylic acids is 1. The van der Waals surface area contributed by atoms with Gasteiger partial charge < -0.3 is 4.74 Å². The fourth-order valence-electron chi connectivity index (χ4n) is 1.31. The standard InChI is InChI=1S/C10H16N2O2/c1-2-14-10(13)12-11-8-9-6-4-3-5-7-9/h3-4,8-9H,2,5-7H2,1H3,(H,12,13)/b11-8+. The van der Waals surface area contributed by atoms with Crippen LogP contribution in [-0.4, -0.2) is 18.9 Å². The van der Waals surface area contributed by atoms with Crippen molar-refractivity contribution in [3.8, 4) is 0 Å². The minimum Gasteiger partial charge on any atom is -0.449 e. The zero-order valence-electron chi connectivity index (χ0n) is 8.40. The van der Waals surface area contributed by atoms with Gasteiger partial charge >= 0.3 is 6.09 Å². The normalized spacial score (nSPS) is 21.1. The molecule has 0 aromatic carbocycles. The van der Waals surface area contributed by atoms with Gasteiger partial charge in [-0.2, -0.15) is 5.10 Å². The number of hydrogen-bond acceptors (Lipinski definition) is 3. The molecular weight excluding hydrogens is 180 g/mol. The van der Waals surface area contributed by atoms with Crippen molar-refractivity contribution in [1.29, 1.82) is 0 Å². The number of nitrogens with one attached hydrogen (secondary N) is 1. The van der Waals surface area contributed by atoms with E-state index >= 15 is 0 Å². The molecule has 0 spiro atoms. The Balaban J connectivity index is 2.19. The average Bonchev–Trinajstić information content (AvgIpc) is 2.20. The molecule has 0 saturated carbocycles. The maximum absolute atomic E-state index is 10.8. The van der Waals surface area contributed by atoms with Gasteiger partial charge in [0.25, 0.3) is 0 Å². The number of allylic oxidation sites excluding steroid dienone is 2. The molecule has 0 aromatic rings. The fourth-order valence-corrected chi connectivity index (χ4v) is 1.31. The van der Waals surface area contributed by atoms with E-state index in [0.717, 1.165) is 19.3 Å². The van der Waals surface area contributed by atoms with Crippen LogP contribution in [0, 0.1) is 5.92 Å². The second-order valence-electron chi connectivity index (χ2n) is 3.15. The van der Waals surface area contributed by atoms with Crippen molar-refractivity contribution in [2.24, 2.45) is 11.0 Å². The van der Waals surface area contributed by atoms with E-state index < -0.39 is 6.09 Å². The van der Waals surface area contributed by atoms with Gasteiger partial charge in [-0.15, -0.1) is 0 Å². The topological polar surface area (TPSA) is 50.7 Å². The van der Waals surface area contributed by atoms with Crippen LogP contribution in [0.15, 0.2) is 17.3 Å². The molecule has 0 bridgehead atoms. The molecule has 14 heavy (non-hydrogen) atoms. The molecule has 0 aliphatic heterocycles. The molecule has 1 rings (SSSR count). The van der Waals surface area contributed by atoms with Crippen LogP contribution < -0.4 is 5.43 Å². The fraction of sp³-hybridized carbons (Fsp3) is 0.600. The highest BCUT2D eigenvalue weighted by Gasteiger charge is 2.06. The van der Waals surface area contributed by atoms with Gasteiger partial charge in [0, 0.05) is 6.21 Å². The highest BCUT2D eigenvalue weighted by molar-refractivity contribution is 5.69. The van der Waals surface area contributed by atoms with Gasteiger partial charge in [-0.05, 0) is 32.1 Å². The quantitative estimate of drug-likeness (QED) is 0.427. The van der Waals surface area contributed by atoms with E-state index in [1.165, 1.54) is 0 Å². The lowest BCUT2D eigenvalue weighted by molar-refractivity contribution is 0.152. The number of carbonyl (C=O) groups is 1. The summed E-state index contributed by atoms with van der Waals surface area (Å²) in [6.45, 7) is 2.13. The molecule has 1 amide bonds. The highest BCUT2D eigenvalue weighted by atomic mass is 16.5. The number of nitrogens with zero attached hydrogens (tertiary/aromatic N) is 1. The first-order valence-electron chi connectivity index (χ1n) is 4.94. The number of hydrogen-bond donors (Lipinski definition) is 1. The summed E-state index contributed by atoms with van der Waals surface area (Å²) in [7, 11) is 0. The smallest absolute Gasteiger partial charge is 0.427 e. The van der Waals surface area contributed by atoms with E-state index in [1.54, 1.807) is 13.1 Å². The number of ether oxygens (including phenoxy) is 1. The SMILES string of the molecule is CCOC(=O)N/N=C/C1CC=CCC1. The summed E-state index contributed by atoms with van der Waals surface area (Å²) >= 11 is 0. The van der Waals surface area contributed by atoms with Gasteiger partial charge in [0.05, 0.1) is 6.61 Å². The van der Waals surface area contributed by atoms with Crippen LogP contribution in [0.4, 0.5) is 4.79 Å². The van der Waals surface area contributed by atoms with Gasteiger partial charge in [-0.25, -0.2) is 10.2 Å². The van der Waals surface area contributed by atoms with Crippen LogP contribution >= 0.6 is 0 Å². The number of amides is 1. The maximum atomic E-state index is 10.8. The predicted octanol–water partition coefficient (Wildman–Crippen LogP) is 2.07. The third kappa shape index (κ3) is 4.07. The summed E-state index contributed by atoms with van der Waals surface area (Å²) in [6, 6.07) is 0. The summed E-state index contributed by atoms with van der Waals surface area (Å²) in [5.41, 5.74) is 2.32. The molecule has 1 aliphatic rings. The van der Waals surface area contributed by atoms with Gasteiger partial charge in [-0.3, -0.25) is 0 Å². The Labute approximate surface area is 84.0 Å². The van der Waals surface area contributed by atoms with Gasteiger partial charge in [-0.1, -0.05) is 12.2 Å². The Hall–Kier alpha value is -1.32. The van der Waals surface area contributed by atoms with E-state index in [1.807, 2.05) is 0 Å². The van der Waals surface area contributed by atoms with Crippen LogP contribution in [0.5, 0.6) is 0 Å². The second-order valence-corrected chi connectivity index (χ2v) is 3.15. The van der Waals surface area contributed by atoms with E-state index in [2.05, 4.69) is 27.4 Å². The first-order valence-corrected chi connectivity index (χ1v) is 4.94. The van der Waals surface area contributed by atoms with Gasteiger partial charge in [0.1, 0.15) is 0 Å². The Morgan fingerprint density at radius 3 is 3.21 bits per heavy atom. The monoisotopic (exact) mass is 196 g/mol. The second kappa shape index (κ2) is 6.18. The van der Waals surface area contributed by atoms with Crippen molar-refractivity contribution in [2.75, 3.05) is 6.61 Å². The lowest BCUT2D eigenvalue weighted by atomic mass is 9.96. The minimum atomic E-state index is -0.491. The van der Waals surface area contributed by atoms with Crippen LogP contribution in [0.3, 0.4) is 0 Å². The van der Waals surface area contributed by atoms with Crippen LogP contribution in [-0.2, 0) is 4.74 Å². The molecule has 1 aliphatic carbocycles. The molecule has 4 nitrogen and oxygen atoms in total. The molecule has 78 valence electrons. The minimum absolute atomic E-state index is 0.369. The van der Waals surface area contributed by atoms with Crippen molar-refractivity contribution < 1.29 is 9.53 Å². The van der Waals surface area contributed by atoms with E-state index in [9.17, 15) is 4.79 Å². The molecule has 0 saturated heterocycles. The lowest BCUT2D eigenvalue weighted by Crippen LogP contribution is -2.19. The molecule has 0 aromatic heterocycles. The molecule has 1 atom stereocenters. The maximum Gasteiger partial charge on any atom is 0.427 e. The summed E-state index contributed by atoms with van der Waals surface area (Å²) in [4.78, 5) is 10.8. The third-order valence-electron chi connectivity index (χ3n) is 2.03. The summed E-state index contributed by atoms with van der Waals surface area (Å²) < 4.78 is 4.65. The van der Waals surface area contributed by atoms with Crippen LogP contribution in [0.1, 0.15) is 26.2 Å². The first kappa shape index (κ1) is 10.8. The molecule has 1 N–H and O–H groups in total. The Morgan fingerprint density at radius 2 is 2.57 bits per heavy atom. The molecule has 0 fully saturated rings. The molecule has 4 heteroatoms. The van der Waals surface area contributed by atoms with Gasteiger partial charge in [0.15, 0.2) is 0 Å². The number of hydrazone groups is 1. The van der Waals surface area contributed by atoms with Crippen molar-refractivity contribution in [1.82, 2.24) is 5.43 Å². The molecule has 1 unspecified atom stereocenters. The predicted molar refractivity (Wildman–Crippen MR) is 55.1 cm³/mol. The van der Waals surface area contributed by atoms with Crippen LogP contribution in [0.25, 0.3) is 0 Å². The number of rotatable bonds is 3.